The number of guanidine groups is 1. The second-order valence-electron chi connectivity index (χ2n) is 4.42. The van der Waals surface area contributed by atoms with Crippen LogP contribution in [0, 0.1) is 0 Å². The summed E-state index contributed by atoms with van der Waals surface area (Å²) in [5.41, 5.74) is 2.47. The highest BCUT2D eigenvalue weighted by Crippen LogP contribution is 2.29. The zero-order chi connectivity index (χ0) is 13.9. The summed E-state index contributed by atoms with van der Waals surface area (Å²) in [6.45, 7) is 0.275. The van der Waals surface area contributed by atoms with Gasteiger partial charge in [0.05, 0.1) is 12.1 Å². The van der Waals surface area contributed by atoms with E-state index in [2.05, 4.69) is 15.7 Å². The molecule has 0 aromatic heterocycles. The lowest BCUT2D eigenvalue weighted by Gasteiger charge is -2.09. The number of alkyl halides is 3. The maximum absolute atomic E-state index is 12.4. The van der Waals surface area contributed by atoms with Gasteiger partial charge in [-0.25, -0.2) is 10.8 Å². The summed E-state index contributed by atoms with van der Waals surface area (Å²) in [5.74, 6) is 5.76. The van der Waals surface area contributed by atoms with Gasteiger partial charge in [-0.3, -0.25) is 5.43 Å². The van der Waals surface area contributed by atoms with E-state index in [1.165, 1.54) is 12.1 Å². The number of nitrogens with one attached hydrogen (secondary N) is 2. The summed E-state index contributed by atoms with van der Waals surface area (Å²) in [6.07, 6.45) is -2.14. The molecule has 1 fully saturated rings. The van der Waals surface area contributed by atoms with Crippen LogP contribution >= 0.6 is 0 Å². The van der Waals surface area contributed by atoms with Crippen LogP contribution in [0.15, 0.2) is 29.3 Å². The fraction of sp³-hybridized carbons (Fsp3) is 0.417. The Labute approximate surface area is 108 Å². The molecule has 19 heavy (non-hydrogen) atoms. The number of rotatable bonds is 3. The summed E-state index contributed by atoms with van der Waals surface area (Å²) in [7, 11) is 0. The van der Waals surface area contributed by atoms with Crippen molar-refractivity contribution in [3.8, 4) is 0 Å². The number of nitrogens with zero attached hydrogens (tertiary/aromatic N) is 1. The van der Waals surface area contributed by atoms with E-state index in [9.17, 15) is 13.2 Å². The molecule has 7 heteroatoms. The van der Waals surface area contributed by atoms with Crippen LogP contribution in [0.1, 0.15) is 24.0 Å². The molecule has 1 saturated carbocycles. The first-order chi connectivity index (χ1) is 8.99. The van der Waals surface area contributed by atoms with Crippen molar-refractivity contribution in [1.29, 1.82) is 0 Å². The first-order valence-corrected chi connectivity index (χ1v) is 5.93. The van der Waals surface area contributed by atoms with Crippen molar-refractivity contribution >= 4 is 5.96 Å². The average Bonchev–Trinajstić information content (AvgIpc) is 3.18. The number of hydrogen-bond donors (Lipinski definition) is 3. The highest BCUT2D eigenvalue weighted by atomic mass is 19.4. The van der Waals surface area contributed by atoms with Gasteiger partial charge in [-0.2, -0.15) is 13.2 Å². The van der Waals surface area contributed by atoms with Gasteiger partial charge in [0.15, 0.2) is 0 Å². The SMILES string of the molecule is NNC(=NCc1ccc(C(F)(F)F)cc1)NC1CC1. The predicted octanol–water partition coefficient (Wildman–Crippen LogP) is 1.78. The monoisotopic (exact) mass is 272 g/mol. The molecule has 0 aliphatic heterocycles. The van der Waals surface area contributed by atoms with Crippen molar-refractivity contribution < 1.29 is 13.2 Å². The number of hydrogen-bond acceptors (Lipinski definition) is 2. The Balaban J connectivity index is 1.96. The van der Waals surface area contributed by atoms with Crippen LogP contribution in [0.5, 0.6) is 0 Å². The molecule has 0 saturated heterocycles. The van der Waals surface area contributed by atoms with E-state index in [-0.39, 0.29) is 6.54 Å². The van der Waals surface area contributed by atoms with Gasteiger partial charge in [-0.1, -0.05) is 12.1 Å². The van der Waals surface area contributed by atoms with Gasteiger partial charge in [0.2, 0.25) is 5.96 Å². The van der Waals surface area contributed by atoms with Gasteiger partial charge in [-0.15, -0.1) is 0 Å². The van der Waals surface area contributed by atoms with Crippen molar-refractivity contribution in [2.45, 2.75) is 31.6 Å². The van der Waals surface area contributed by atoms with E-state index < -0.39 is 11.7 Å². The minimum absolute atomic E-state index is 0.275. The van der Waals surface area contributed by atoms with Crippen molar-refractivity contribution in [2.24, 2.45) is 10.8 Å². The molecule has 0 heterocycles. The number of hydrazine groups is 1. The highest BCUT2D eigenvalue weighted by molar-refractivity contribution is 5.79. The van der Waals surface area contributed by atoms with Gasteiger partial charge in [0.25, 0.3) is 0 Å². The Morgan fingerprint density at radius 3 is 2.37 bits per heavy atom. The molecule has 0 amide bonds. The van der Waals surface area contributed by atoms with E-state index in [1.54, 1.807) is 0 Å². The standard InChI is InChI=1S/C12H15F3N4/c13-12(14,15)9-3-1-8(2-4-9)7-17-11(19-16)18-10-5-6-10/h1-4,10H,5-7,16H2,(H2,17,18,19). The van der Waals surface area contributed by atoms with Crippen LogP contribution in [0.2, 0.25) is 0 Å². The van der Waals surface area contributed by atoms with E-state index in [0.717, 1.165) is 25.0 Å². The van der Waals surface area contributed by atoms with E-state index in [0.29, 0.717) is 17.6 Å². The van der Waals surface area contributed by atoms with Crippen LogP contribution in [0.25, 0.3) is 0 Å². The summed E-state index contributed by atoms with van der Waals surface area (Å²) in [5, 5.41) is 3.08. The Hall–Kier alpha value is -1.76. The molecule has 0 radical (unpaired) electrons. The third kappa shape index (κ3) is 4.13. The molecule has 1 aromatic carbocycles. The summed E-state index contributed by atoms with van der Waals surface area (Å²) >= 11 is 0. The van der Waals surface area contributed by atoms with Crippen molar-refractivity contribution in [3.05, 3.63) is 35.4 Å². The van der Waals surface area contributed by atoms with Gasteiger partial charge in [0, 0.05) is 6.04 Å². The van der Waals surface area contributed by atoms with Crippen LogP contribution in [-0.4, -0.2) is 12.0 Å². The minimum atomic E-state index is -4.31. The number of halogens is 3. The molecule has 0 unspecified atom stereocenters. The number of aliphatic imine (C=N–C) groups is 1. The number of benzene rings is 1. The van der Waals surface area contributed by atoms with Gasteiger partial charge < -0.3 is 5.32 Å². The molecule has 2 rings (SSSR count). The molecule has 104 valence electrons. The normalized spacial score (nSPS) is 16.3. The predicted molar refractivity (Wildman–Crippen MR) is 66.1 cm³/mol. The second kappa shape index (κ2) is 5.48. The highest BCUT2D eigenvalue weighted by Gasteiger charge is 2.29. The lowest BCUT2D eigenvalue weighted by molar-refractivity contribution is -0.137. The second-order valence-corrected chi connectivity index (χ2v) is 4.42. The molecule has 1 aromatic rings. The zero-order valence-electron chi connectivity index (χ0n) is 10.2. The first-order valence-electron chi connectivity index (χ1n) is 5.93. The Bertz CT molecular complexity index is 449. The van der Waals surface area contributed by atoms with E-state index >= 15 is 0 Å². The number of nitrogens with two attached hydrogens (primary N) is 1. The lowest BCUT2D eigenvalue weighted by Crippen LogP contribution is -2.42. The van der Waals surface area contributed by atoms with Crippen molar-refractivity contribution in [3.63, 3.8) is 0 Å². The van der Waals surface area contributed by atoms with Crippen molar-refractivity contribution in [2.75, 3.05) is 0 Å². The molecular weight excluding hydrogens is 257 g/mol. The van der Waals surface area contributed by atoms with Gasteiger partial charge in [0.1, 0.15) is 0 Å². The maximum atomic E-state index is 12.4. The van der Waals surface area contributed by atoms with Crippen LogP contribution in [-0.2, 0) is 12.7 Å². The quantitative estimate of drug-likeness (QED) is 0.340. The lowest BCUT2D eigenvalue weighted by atomic mass is 10.1. The molecular formula is C12H15F3N4. The average molecular weight is 272 g/mol. The topological polar surface area (TPSA) is 62.4 Å². The Morgan fingerprint density at radius 1 is 1.26 bits per heavy atom. The largest absolute Gasteiger partial charge is 0.416 e. The Kier molecular flexibility index (Phi) is 3.94. The molecule has 0 bridgehead atoms. The molecule has 0 atom stereocenters. The van der Waals surface area contributed by atoms with Crippen LogP contribution < -0.4 is 16.6 Å². The van der Waals surface area contributed by atoms with Crippen LogP contribution in [0.3, 0.4) is 0 Å². The molecule has 1 aliphatic rings. The first kappa shape index (κ1) is 13.7. The minimum Gasteiger partial charge on any atom is -0.353 e. The molecule has 1 aliphatic carbocycles. The van der Waals surface area contributed by atoms with E-state index in [4.69, 9.17) is 5.84 Å². The van der Waals surface area contributed by atoms with Crippen LogP contribution in [0.4, 0.5) is 13.2 Å². The van der Waals surface area contributed by atoms with E-state index in [1.807, 2.05) is 0 Å². The fourth-order valence-electron chi connectivity index (χ4n) is 1.52. The fourth-order valence-corrected chi connectivity index (χ4v) is 1.52. The molecule has 4 N–H and O–H groups in total. The zero-order valence-corrected chi connectivity index (χ0v) is 10.2. The third-order valence-electron chi connectivity index (χ3n) is 2.76. The third-order valence-corrected chi connectivity index (χ3v) is 2.76. The van der Waals surface area contributed by atoms with Gasteiger partial charge in [-0.05, 0) is 30.5 Å². The smallest absolute Gasteiger partial charge is 0.353 e. The molecule has 0 spiro atoms. The van der Waals surface area contributed by atoms with Gasteiger partial charge >= 0.3 is 6.18 Å². The summed E-state index contributed by atoms with van der Waals surface area (Å²) < 4.78 is 37.1. The summed E-state index contributed by atoms with van der Waals surface area (Å²) in [4.78, 5) is 4.17. The maximum Gasteiger partial charge on any atom is 0.416 e. The summed E-state index contributed by atoms with van der Waals surface area (Å²) in [6, 6.07) is 5.33. The Morgan fingerprint density at radius 2 is 1.89 bits per heavy atom. The molecule has 4 nitrogen and oxygen atoms in total. The van der Waals surface area contributed by atoms with Crippen molar-refractivity contribution in [1.82, 2.24) is 10.7 Å².